The SMILES string of the molecule is CC(C)(c1ccc(-c2ccccc2)c(F)c1)c1cc(N=[C]N2CCOCC2)on1. The van der Waals surface area contributed by atoms with Crippen LogP contribution in [0.15, 0.2) is 64.1 Å². The van der Waals surface area contributed by atoms with E-state index in [1.807, 2.05) is 61.2 Å². The Balaban J connectivity index is 1.54. The number of ether oxygens (including phenoxy) is 1. The van der Waals surface area contributed by atoms with Crippen molar-refractivity contribution in [3.63, 3.8) is 0 Å². The summed E-state index contributed by atoms with van der Waals surface area (Å²) in [7, 11) is 0. The molecular formula is C23H23FN3O2. The van der Waals surface area contributed by atoms with Gasteiger partial charge in [-0.15, -0.1) is 0 Å². The molecular weight excluding hydrogens is 369 g/mol. The van der Waals surface area contributed by atoms with Crippen molar-refractivity contribution >= 4 is 12.2 Å². The summed E-state index contributed by atoms with van der Waals surface area (Å²) in [6.45, 7) is 6.82. The van der Waals surface area contributed by atoms with Crippen LogP contribution in [0.25, 0.3) is 11.1 Å². The van der Waals surface area contributed by atoms with Gasteiger partial charge in [0.1, 0.15) is 5.82 Å². The zero-order valence-electron chi connectivity index (χ0n) is 16.6. The van der Waals surface area contributed by atoms with Crippen molar-refractivity contribution in [3.8, 4) is 11.1 Å². The molecule has 2 aromatic carbocycles. The molecule has 1 aliphatic heterocycles. The predicted octanol–water partition coefficient (Wildman–Crippen LogP) is 4.68. The number of rotatable bonds is 5. The molecule has 1 aromatic heterocycles. The Bertz CT molecular complexity index is 992. The van der Waals surface area contributed by atoms with Crippen LogP contribution in [0, 0.1) is 5.82 Å². The van der Waals surface area contributed by atoms with Crippen LogP contribution >= 0.6 is 0 Å². The average Bonchev–Trinajstić information content (AvgIpc) is 3.23. The van der Waals surface area contributed by atoms with Crippen molar-refractivity contribution in [3.05, 3.63) is 71.7 Å². The van der Waals surface area contributed by atoms with Crippen LogP contribution in [0.1, 0.15) is 25.1 Å². The van der Waals surface area contributed by atoms with E-state index in [0.29, 0.717) is 30.4 Å². The molecule has 149 valence electrons. The minimum absolute atomic E-state index is 0.260. The minimum atomic E-state index is -0.535. The molecule has 29 heavy (non-hydrogen) atoms. The highest BCUT2D eigenvalue weighted by molar-refractivity contribution is 5.65. The van der Waals surface area contributed by atoms with E-state index in [4.69, 9.17) is 9.26 Å². The second-order valence-electron chi connectivity index (χ2n) is 7.55. The third-order valence-corrected chi connectivity index (χ3v) is 5.23. The lowest BCUT2D eigenvalue weighted by molar-refractivity contribution is 0.0700. The minimum Gasteiger partial charge on any atom is -0.378 e. The summed E-state index contributed by atoms with van der Waals surface area (Å²) in [4.78, 5) is 6.20. The van der Waals surface area contributed by atoms with Crippen LogP contribution in [0.2, 0.25) is 0 Å². The van der Waals surface area contributed by atoms with Gasteiger partial charge in [0.2, 0.25) is 0 Å². The first-order valence-corrected chi connectivity index (χ1v) is 9.66. The van der Waals surface area contributed by atoms with Crippen LogP contribution in [0.4, 0.5) is 10.3 Å². The Labute approximate surface area is 169 Å². The monoisotopic (exact) mass is 392 g/mol. The number of hydrogen-bond acceptors (Lipinski definition) is 4. The third-order valence-electron chi connectivity index (χ3n) is 5.23. The van der Waals surface area contributed by atoms with E-state index in [1.54, 1.807) is 12.1 Å². The zero-order valence-corrected chi connectivity index (χ0v) is 16.6. The van der Waals surface area contributed by atoms with Crippen molar-refractivity contribution in [2.75, 3.05) is 26.3 Å². The standard InChI is InChI=1S/C23H23FN3O2/c1-23(2,18-8-9-19(20(24)14-18)17-6-4-3-5-7-17)21-15-22(29-26-21)25-16-27-10-12-28-13-11-27/h3-9,14-15H,10-13H2,1-2H3. The molecule has 0 amide bonds. The largest absolute Gasteiger partial charge is 0.378 e. The second-order valence-corrected chi connectivity index (χ2v) is 7.55. The molecule has 1 saturated heterocycles. The lowest BCUT2D eigenvalue weighted by Crippen LogP contribution is -2.34. The van der Waals surface area contributed by atoms with Crippen molar-refractivity contribution in [1.82, 2.24) is 10.1 Å². The Morgan fingerprint density at radius 1 is 1.07 bits per heavy atom. The summed E-state index contributed by atoms with van der Waals surface area (Å²) in [6.07, 6.45) is 2.96. The van der Waals surface area contributed by atoms with Crippen molar-refractivity contribution in [1.29, 1.82) is 0 Å². The summed E-state index contributed by atoms with van der Waals surface area (Å²) in [5.41, 5.74) is 2.40. The van der Waals surface area contributed by atoms with E-state index in [2.05, 4.69) is 16.5 Å². The van der Waals surface area contributed by atoms with Crippen molar-refractivity contribution in [2.45, 2.75) is 19.3 Å². The van der Waals surface area contributed by atoms with E-state index >= 15 is 0 Å². The highest BCUT2D eigenvalue weighted by Crippen LogP contribution is 2.35. The second kappa shape index (κ2) is 8.17. The average molecular weight is 392 g/mol. The number of halogens is 1. The van der Waals surface area contributed by atoms with Gasteiger partial charge in [-0.05, 0) is 17.2 Å². The fraction of sp³-hybridized carbons (Fsp3) is 0.304. The van der Waals surface area contributed by atoms with E-state index in [-0.39, 0.29) is 5.82 Å². The predicted molar refractivity (Wildman–Crippen MR) is 110 cm³/mol. The van der Waals surface area contributed by atoms with Crippen LogP contribution < -0.4 is 0 Å². The van der Waals surface area contributed by atoms with Gasteiger partial charge in [-0.25, -0.2) is 4.39 Å². The highest BCUT2D eigenvalue weighted by Gasteiger charge is 2.28. The Hall–Kier alpha value is -2.99. The zero-order chi connectivity index (χ0) is 20.3. The Morgan fingerprint density at radius 3 is 2.55 bits per heavy atom. The first-order valence-electron chi connectivity index (χ1n) is 9.66. The number of hydrogen-bond donors (Lipinski definition) is 0. The maximum Gasteiger partial charge on any atom is 0.252 e. The van der Waals surface area contributed by atoms with E-state index in [0.717, 1.165) is 24.2 Å². The van der Waals surface area contributed by atoms with E-state index in [9.17, 15) is 4.39 Å². The molecule has 0 saturated carbocycles. The van der Waals surface area contributed by atoms with Gasteiger partial charge in [0.25, 0.3) is 5.88 Å². The first-order chi connectivity index (χ1) is 14.0. The van der Waals surface area contributed by atoms with Gasteiger partial charge in [0.15, 0.2) is 6.34 Å². The smallest absolute Gasteiger partial charge is 0.252 e. The molecule has 3 aromatic rings. The van der Waals surface area contributed by atoms with Crippen LogP contribution in [-0.4, -0.2) is 42.7 Å². The molecule has 0 aliphatic carbocycles. The molecule has 6 heteroatoms. The van der Waals surface area contributed by atoms with Crippen molar-refractivity contribution < 1.29 is 13.7 Å². The molecule has 1 fully saturated rings. The van der Waals surface area contributed by atoms with Gasteiger partial charge < -0.3 is 14.2 Å². The van der Waals surface area contributed by atoms with Gasteiger partial charge >= 0.3 is 0 Å². The van der Waals surface area contributed by atoms with Crippen LogP contribution in [0.3, 0.4) is 0 Å². The normalized spacial score (nSPS) is 15.2. The first kappa shape index (κ1) is 19.3. The highest BCUT2D eigenvalue weighted by atomic mass is 19.1. The van der Waals surface area contributed by atoms with Gasteiger partial charge in [-0.1, -0.05) is 61.5 Å². The number of aliphatic imine (C=N–C) groups is 1. The van der Waals surface area contributed by atoms with Gasteiger partial charge in [-0.2, -0.15) is 4.99 Å². The molecule has 2 heterocycles. The number of morpholine rings is 1. The molecule has 1 aliphatic rings. The Kier molecular flexibility index (Phi) is 5.45. The van der Waals surface area contributed by atoms with Crippen LogP contribution in [-0.2, 0) is 10.2 Å². The third kappa shape index (κ3) is 4.22. The van der Waals surface area contributed by atoms with E-state index < -0.39 is 5.41 Å². The molecule has 0 bridgehead atoms. The van der Waals surface area contributed by atoms with Crippen LogP contribution in [0.5, 0.6) is 0 Å². The van der Waals surface area contributed by atoms with Gasteiger partial charge in [-0.3, -0.25) is 0 Å². The maximum absolute atomic E-state index is 14.8. The summed E-state index contributed by atoms with van der Waals surface area (Å²) in [5, 5.41) is 4.16. The molecule has 5 nitrogen and oxygen atoms in total. The number of nitrogens with zero attached hydrogens (tertiary/aromatic N) is 3. The topological polar surface area (TPSA) is 50.9 Å². The lowest BCUT2D eigenvalue weighted by Gasteiger charge is -2.23. The summed E-state index contributed by atoms with van der Waals surface area (Å²) in [5.74, 6) is 0.116. The van der Waals surface area contributed by atoms with Gasteiger partial charge in [0.05, 0.1) is 18.9 Å². The van der Waals surface area contributed by atoms with E-state index in [1.165, 1.54) is 0 Å². The number of aromatic nitrogens is 1. The fourth-order valence-electron chi connectivity index (χ4n) is 3.30. The summed E-state index contributed by atoms with van der Waals surface area (Å²) in [6, 6.07) is 16.6. The lowest BCUT2D eigenvalue weighted by atomic mass is 9.81. The molecule has 1 radical (unpaired) electrons. The fourth-order valence-corrected chi connectivity index (χ4v) is 3.30. The molecule has 0 atom stereocenters. The molecule has 0 spiro atoms. The molecule has 0 N–H and O–H groups in total. The molecule has 0 unspecified atom stereocenters. The van der Waals surface area contributed by atoms with Gasteiger partial charge in [0, 0.05) is 30.1 Å². The van der Waals surface area contributed by atoms with Crippen molar-refractivity contribution in [2.24, 2.45) is 4.99 Å². The molecule has 4 rings (SSSR count). The Morgan fingerprint density at radius 2 is 1.83 bits per heavy atom. The summed E-state index contributed by atoms with van der Waals surface area (Å²) < 4.78 is 25.5. The maximum atomic E-state index is 14.8. The quantitative estimate of drug-likeness (QED) is 0.467. The number of benzene rings is 2. The summed E-state index contributed by atoms with van der Waals surface area (Å²) >= 11 is 0.